The summed E-state index contributed by atoms with van der Waals surface area (Å²) in [5.74, 6) is 3.26. The van der Waals surface area contributed by atoms with Crippen molar-refractivity contribution in [3.63, 3.8) is 0 Å². The third kappa shape index (κ3) is 7.20. The van der Waals surface area contributed by atoms with Gasteiger partial charge in [-0.15, -0.1) is 0 Å². The van der Waals surface area contributed by atoms with E-state index < -0.39 is 0 Å². The van der Waals surface area contributed by atoms with E-state index in [1.807, 2.05) is 0 Å². The minimum absolute atomic E-state index is 0.138. The van der Waals surface area contributed by atoms with Crippen LogP contribution in [0.25, 0.3) is 0 Å². The Morgan fingerprint density at radius 2 is 0.782 bits per heavy atom. The lowest BCUT2D eigenvalue weighted by molar-refractivity contribution is 0.465. The van der Waals surface area contributed by atoms with Crippen LogP contribution in [0.3, 0.4) is 0 Å². The summed E-state index contributed by atoms with van der Waals surface area (Å²) in [5.41, 5.74) is 22.7. The zero-order valence-corrected chi connectivity index (χ0v) is 43.4. The van der Waals surface area contributed by atoms with Crippen molar-refractivity contribution in [1.29, 1.82) is 0 Å². The zero-order chi connectivity index (χ0) is 51.8. The second kappa shape index (κ2) is 18.6. The maximum Gasteiger partial charge on any atom is 0.260 e. The van der Waals surface area contributed by atoms with E-state index in [-0.39, 0.29) is 13.4 Å². The number of rotatable bonds is 10. The quantitative estimate of drug-likeness (QED) is 0.127. The average Bonchev–Trinajstić information content (AvgIpc) is 2.32. The summed E-state index contributed by atoms with van der Waals surface area (Å²) in [4.78, 5) is 9.82. The number of fused-ring (bicyclic) bond motifs is 8. The fourth-order valence-corrected chi connectivity index (χ4v) is 12.9. The second-order valence-corrected chi connectivity index (χ2v) is 20.5. The van der Waals surface area contributed by atoms with Crippen LogP contribution in [-0.4, -0.2) is 13.4 Å². The number of ether oxygens (including phenoxy) is 2. The first-order valence-corrected chi connectivity index (χ1v) is 27.3. The van der Waals surface area contributed by atoms with Crippen LogP contribution < -0.4 is 61.9 Å². The maximum absolute atomic E-state index is 7.53. The first-order valence-electron chi connectivity index (χ1n) is 27.3. The molecule has 8 heteroatoms. The summed E-state index contributed by atoms with van der Waals surface area (Å²) in [6, 6.07) is 92.3. The minimum Gasteiger partial charge on any atom is -0.458 e. The van der Waals surface area contributed by atoms with Crippen LogP contribution in [0.1, 0.15) is 25.0 Å². The highest BCUT2D eigenvalue weighted by molar-refractivity contribution is 7.02. The summed E-state index contributed by atoms with van der Waals surface area (Å²) >= 11 is 0. The van der Waals surface area contributed by atoms with Crippen molar-refractivity contribution < 1.29 is 9.47 Å². The monoisotopic (exact) mass is 1000 g/mol. The molecule has 0 spiro atoms. The Balaban J connectivity index is 1.03. The Morgan fingerprint density at radius 3 is 1.35 bits per heavy atom. The number of benzene rings is 11. The van der Waals surface area contributed by atoms with Gasteiger partial charge in [-0.25, -0.2) is 0 Å². The van der Waals surface area contributed by atoms with Gasteiger partial charge in [0.1, 0.15) is 23.0 Å². The largest absolute Gasteiger partial charge is 0.458 e. The molecule has 0 saturated carbocycles. The first-order chi connectivity index (χ1) is 38.6. The number of hydrogen-bond acceptors (Lipinski definition) is 6. The second-order valence-electron chi connectivity index (χ2n) is 20.5. The normalized spacial score (nSPS) is 12.9. The molecular formula is C70H52B2N4O2. The van der Waals surface area contributed by atoms with E-state index in [9.17, 15) is 0 Å². The van der Waals surface area contributed by atoms with E-state index in [1.165, 1.54) is 33.2 Å². The molecule has 0 unspecified atom stereocenters. The van der Waals surface area contributed by atoms with Crippen molar-refractivity contribution in [3.8, 4) is 23.0 Å². The Morgan fingerprint density at radius 1 is 0.321 bits per heavy atom. The third-order valence-electron chi connectivity index (χ3n) is 16.2. The van der Waals surface area contributed by atoms with Crippen molar-refractivity contribution in [2.24, 2.45) is 0 Å². The summed E-state index contributed by atoms with van der Waals surface area (Å²) < 4.78 is 14.6. The summed E-state index contributed by atoms with van der Waals surface area (Å²) in [6.45, 7) is 4.27. The van der Waals surface area contributed by atoms with Gasteiger partial charge >= 0.3 is 0 Å². The predicted octanol–water partition coefficient (Wildman–Crippen LogP) is 14.6. The molecule has 0 amide bonds. The Hall–Kier alpha value is -9.65. The van der Waals surface area contributed by atoms with Gasteiger partial charge in [-0.05, 0) is 136 Å². The van der Waals surface area contributed by atoms with Gasteiger partial charge in [0, 0.05) is 74.8 Å². The molecule has 11 aromatic rings. The van der Waals surface area contributed by atoms with E-state index >= 15 is 0 Å². The molecule has 0 aliphatic carbocycles. The molecule has 0 radical (unpaired) electrons. The molecule has 6 nitrogen and oxygen atoms in total. The van der Waals surface area contributed by atoms with Crippen LogP contribution >= 0.6 is 0 Å². The van der Waals surface area contributed by atoms with Crippen LogP contribution in [0.5, 0.6) is 23.0 Å². The number of aryl methyl sites for hydroxylation is 2. The van der Waals surface area contributed by atoms with Crippen LogP contribution in [-0.2, 0) is 12.8 Å². The van der Waals surface area contributed by atoms with E-state index in [0.29, 0.717) is 0 Å². The third-order valence-corrected chi connectivity index (χ3v) is 16.2. The van der Waals surface area contributed by atoms with Gasteiger partial charge in [-0.2, -0.15) is 0 Å². The summed E-state index contributed by atoms with van der Waals surface area (Å²) in [7, 11) is 0. The van der Waals surface area contributed by atoms with Crippen molar-refractivity contribution in [2.75, 3.05) is 19.6 Å². The molecule has 0 saturated heterocycles. The highest BCUT2D eigenvalue weighted by atomic mass is 16.5. The molecule has 15 rings (SSSR count). The highest BCUT2D eigenvalue weighted by Gasteiger charge is 2.48. The van der Waals surface area contributed by atoms with Gasteiger partial charge < -0.3 is 29.1 Å². The van der Waals surface area contributed by atoms with Crippen LogP contribution in [0.15, 0.2) is 255 Å². The average molecular weight is 1000 g/mol. The van der Waals surface area contributed by atoms with Crippen LogP contribution in [0.2, 0.25) is 0 Å². The SMILES string of the molecule is CCc1cccc(CC)c1N1c2cc3c(cc2B2c4ccccc4N(c4ccccc4)c4cc(N(c5ccccc5)c5ccccc5)cc1c42)B1c2ccccc2Oc2cc(N(c4ccccc4)c4ccccc4)cc(c21)O3. The van der Waals surface area contributed by atoms with Gasteiger partial charge in [-0.3, -0.25) is 0 Å². The molecule has 4 heterocycles. The molecule has 370 valence electrons. The van der Waals surface area contributed by atoms with E-state index in [0.717, 1.165) is 115 Å². The smallest absolute Gasteiger partial charge is 0.260 e. The van der Waals surface area contributed by atoms with Crippen molar-refractivity contribution in [3.05, 3.63) is 266 Å². The predicted molar refractivity (Wildman–Crippen MR) is 326 cm³/mol. The lowest BCUT2D eigenvalue weighted by atomic mass is 9.31. The standard InChI is InChI=1S/C70H52B2N4O2/c1-3-47-25-24-26-48(4-2)70(47)76-61-46-65-59(72-57-38-21-23-40-64(57)77-66-43-55(44-67(78-65)69(66)72)74(51-31-14-7-15-32-51)52-33-16-8-17-34-52)45-58(61)71-56-37-20-22-39-60(56)75(53-35-18-9-19-36-53)62-41-54(42-63(76)68(62)71)73(49-27-10-5-11-28-49)50-29-12-6-13-30-50/h5-46H,3-4H2,1-2H3. The van der Waals surface area contributed by atoms with Gasteiger partial charge in [0.2, 0.25) is 0 Å². The molecule has 4 aliphatic rings. The lowest BCUT2D eigenvalue weighted by Crippen LogP contribution is -2.64. The number of hydrogen-bond donors (Lipinski definition) is 0. The molecule has 11 aromatic carbocycles. The van der Waals surface area contributed by atoms with Crippen LogP contribution in [0, 0.1) is 0 Å². The van der Waals surface area contributed by atoms with Gasteiger partial charge in [0.05, 0.1) is 17.1 Å². The number of nitrogens with zero attached hydrogens (tertiary/aromatic N) is 4. The Kier molecular flexibility index (Phi) is 10.9. The molecule has 4 aliphatic heterocycles. The van der Waals surface area contributed by atoms with Crippen molar-refractivity contribution in [1.82, 2.24) is 0 Å². The van der Waals surface area contributed by atoms with Crippen LogP contribution in [0.4, 0.5) is 68.2 Å². The molecule has 0 aromatic heterocycles. The molecule has 0 atom stereocenters. The summed E-state index contributed by atoms with van der Waals surface area (Å²) in [6.07, 6.45) is 1.72. The topological polar surface area (TPSA) is 31.4 Å². The van der Waals surface area contributed by atoms with Gasteiger partial charge in [-0.1, -0.05) is 166 Å². The molecule has 0 N–H and O–H groups in total. The van der Waals surface area contributed by atoms with Gasteiger partial charge in [0.25, 0.3) is 13.4 Å². The Bertz CT molecular complexity index is 4010. The highest BCUT2D eigenvalue weighted by Crippen LogP contribution is 2.51. The fraction of sp³-hybridized carbons (Fsp3) is 0.0571. The van der Waals surface area contributed by atoms with Crippen molar-refractivity contribution in [2.45, 2.75) is 26.7 Å². The van der Waals surface area contributed by atoms with Gasteiger partial charge in [0.15, 0.2) is 0 Å². The fourth-order valence-electron chi connectivity index (χ4n) is 12.9. The Labute approximate surface area is 456 Å². The van der Waals surface area contributed by atoms with E-state index in [2.05, 4.69) is 288 Å². The van der Waals surface area contributed by atoms with Crippen molar-refractivity contribution >= 4 is 114 Å². The number of anilines is 12. The van der Waals surface area contributed by atoms with E-state index in [1.54, 1.807) is 0 Å². The molecule has 0 fully saturated rings. The summed E-state index contributed by atoms with van der Waals surface area (Å²) in [5, 5.41) is 0. The minimum atomic E-state index is -0.166. The molecular weight excluding hydrogens is 950 g/mol. The molecule has 78 heavy (non-hydrogen) atoms. The lowest BCUT2D eigenvalue weighted by Gasteiger charge is -2.46. The number of para-hydroxylation sites is 8. The maximum atomic E-state index is 7.53. The van der Waals surface area contributed by atoms with E-state index in [4.69, 9.17) is 9.47 Å². The first kappa shape index (κ1) is 45.7. The molecule has 0 bridgehead atoms. The zero-order valence-electron chi connectivity index (χ0n) is 43.4.